The number of anilines is 1. The summed E-state index contributed by atoms with van der Waals surface area (Å²) in [5, 5.41) is 31.2. The molecular formula is C26H36N6O5. The zero-order chi connectivity index (χ0) is 27.1. The molecule has 0 bridgehead atoms. The highest BCUT2D eigenvalue weighted by atomic mass is 16.3. The quantitative estimate of drug-likeness (QED) is 0.266. The fourth-order valence-corrected chi connectivity index (χ4v) is 5.70. The van der Waals surface area contributed by atoms with Gasteiger partial charge in [-0.1, -0.05) is 13.3 Å². The summed E-state index contributed by atoms with van der Waals surface area (Å²) < 4.78 is 2.29. The van der Waals surface area contributed by atoms with Crippen LogP contribution in [0, 0.1) is 11.3 Å². The van der Waals surface area contributed by atoms with Crippen molar-refractivity contribution in [1.29, 1.82) is 5.41 Å². The molecule has 0 radical (unpaired) electrons. The Morgan fingerprint density at radius 1 is 1.27 bits per heavy atom. The maximum Gasteiger partial charge on any atom is 0.334 e. The highest BCUT2D eigenvalue weighted by molar-refractivity contribution is 6.05. The first-order valence-corrected chi connectivity index (χ1v) is 12.9. The number of aromatic nitrogens is 3. The highest BCUT2D eigenvalue weighted by Crippen LogP contribution is 2.45. The molecule has 1 saturated carbocycles. The van der Waals surface area contributed by atoms with Crippen molar-refractivity contribution < 1.29 is 15.0 Å². The minimum atomic E-state index is -0.845. The van der Waals surface area contributed by atoms with Crippen LogP contribution in [0.15, 0.2) is 21.7 Å². The van der Waals surface area contributed by atoms with E-state index in [1.54, 1.807) is 19.1 Å². The molecule has 6 N–H and O–H groups in total. The van der Waals surface area contributed by atoms with Crippen LogP contribution in [0.4, 0.5) is 5.69 Å². The Morgan fingerprint density at radius 3 is 2.54 bits per heavy atom. The second-order valence-corrected chi connectivity index (χ2v) is 10.5. The number of nitrogen functional groups attached to an aromatic ring is 1. The molecule has 2 aromatic heterocycles. The van der Waals surface area contributed by atoms with E-state index in [1.165, 1.54) is 0 Å². The van der Waals surface area contributed by atoms with E-state index in [9.17, 15) is 24.6 Å². The number of aromatic hydroxyl groups is 1. The first kappa shape index (κ1) is 26.6. The molecule has 3 heterocycles. The lowest BCUT2D eigenvalue weighted by atomic mass is 9.73. The van der Waals surface area contributed by atoms with Gasteiger partial charge in [0.1, 0.15) is 11.4 Å². The maximum atomic E-state index is 13.2. The van der Waals surface area contributed by atoms with Gasteiger partial charge in [-0.05, 0) is 70.4 Å². The summed E-state index contributed by atoms with van der Waals surface area (Å²) in [5.41, 5.74) is 4.90. The zero-order valence-electron chi connectivity index (χ0n) is 21.6. The molecule has 2 atom stereocenters. The van der Waals surface area contributed by atoms with Gasteiger partial charge in [0.2, 0.25) is 11.8 Å². The van der Waals surface area contributed by atoms with Crippen LogP contribution in [-0.2, 0) is 16.8 Å². The largest absolute Gasteiger partial charge is 0.494 e. The summed E-state index contributed by atoms with van der Waals surface area (Å²) >= 11 is 0. The van der Waals surface area contributed by atoms with Crippen LogP contribution in [-0.4, -0.2) is 36.1 Å². The number of rotatable bonds is 8. The summed E-state index contributed by atoms with van der Waals surface area (Å²) in [6, 6.07) is 3.09. The van der Waals surface area contributed by atoms with Gasteiger partial charge in [0, 0.05) is 12.6 Å². The number of amidine groups is 1. The average Bonchev–Trinajstić information content (AvgIpc) is 3.08. The predicted molar refractivity (Wildman–Crippen MR) is 139 cm³/mol. The Bertz CT molecular complexity index is 1340. The van der Waals surface area contributed by atoms with Crippen LogP contribution >= 0.6 is 0 Å². The van der Waals surface area contributed by atoms with Gasteiger partial charge in [-0.15, -0.1) is 0 Å². The molecule has 37 heavy (non-hydrogen) atoms. The monoisotopic (exact) mass is 512 g/mol. The number of unbranched alkanes of at least 4 members (excludes halogenated alkanes) is 1. The van der Waals surface area contributed by atoms with Gasteiger partial charge in [-0.3, -0.25) is 29.1 Å². The number of nitrogens with zero attached hydrogens (tertiary/aromatic N) is 3. The van der Waals surface area contributed by atoms with Gasteiger partial charge in [-0.25, -0.2) is 4.79 Å². The van der Waals surface area contributed by atoms with Crippen LogP contribution in [0.1, 0.15) is 94.8 Å². The fourth-order valence-electron chi connectivity index (χ4n) is 5.70. The molecule has 1 amide bonds. The molecular weight excluding hydrogens is 476 g/mol. The molecule has 1 fully saturated rings. The molecule has 11 heteroatoms. The number of aliphatic hydroxyl groups is 1. The lowest BCUT2D eigenvalue weighted by Crippen LogP contribution is -2.46. The van der Waals surface area contributed by atoms with E-state index in [0.29, 0.717) is 55.6 Å². The van der Waals surface area contributed by atoms with Crippen molar-refractivity contribution in [3.8, 4) is 5.88 Å². The molecule has 0 saturated heterocycles. The Labute approximate surface area is 214 Å². The average molecular weight is 513 g/mol. The van der Waals surface area contributed by atoms with Crippen LogP contribution in [0.5, 0.6) is 5.88 Å². The molecule has 200 valence electrons. The zero-order valence-corrected chi connectivity index (χ0v) is 21.6. The number of carbonyl (C=O) groups excluding carboxylic acids is 1. The maximum absolute atomic E-state index is 13.2. The second-order valence-electron chi connectivity index (χ2n) is 10.5. The predicted octanol–water partition coefficient (Wildman–Crippen LogP) is 2.28. The second kappa shape index (κ2) is 10.1. The van der Waals surface area contributed by atoms with Crippen molar-refractivity contribution in [2.45, 2.75) is 89.8 Å². The van der Waals surface area contributed by atoms with E-state index >= 15 is 0 Å². The smallest absolute Gasteiger partial charge is 0.334 e. The van der Waals surface area contributed by atoms with Gasteiger partial charge < -0.3 is 21.3 Å². The summed E-state index contributed by atoms with van der Waals surface area (Å²) in [6.45, 7) is 5.69. The Hall–Kier alpha value is -3.47. The number of pyridine rings is 1. The van der Waals surface area contributed by atoms with Gasteiger partial charge in [0.15, 0.2) is 0 Å². The van der Waals surface area contributed by atoms with Crippen molar-refractivity contribution in [2.24, 2.45) is 11.7 Å². The highest BCUT2D eigenvalue weighted by Gasteiger charge is 2.46. The number of aliphatic hydroxyl groups excluding tert-OH is 1. The lowest BCUT2D eigenvalue weighted by molar-refractivity contribution is -0.121. The topological polar surface area (TPSA) is 176 Å². The summed E-state index contributed by atoms with van der Waals surface area (Å²) in [7, 11) is 0. The lowest BCUT2D eigenvalue weighted by Gasteiger charge is -2.34. The van der Waals surface area contributed by atoms with Crippen molar-refractivity contribution in [3.63, 3.8) is 0 Å². The minimum Gasteiger partial charge on any atom is -0.494 e. The summed E-state index contributed by atoms with van der Waals surface area (Å²) in [4.78, 5) is 44.0. The number of fused-ring (bicyclic) bond motifs is 1. The van der Waals surface area contributed by atoms with Crippen molar-refractivity contribution >= 4 is 17.4 Å². The Kier molecular flexibility index (Phi) is 7.27. The molecule has 2 aliphatic rings. The van der Waals surface area contributed by atoms with Crippen LogP contribution in [0.2, 0.25) is 0 Å². The summed E-state index contributed by atoms with van der Waals surface area (Å²) in [6.07, 6.45) is 3.69. The minimum absolute atomic E-state index is 0.125. The Balaban J connectivity index is 1.58. The van der Waals surface area contributed by atoms with Crippen LogP contribution in [0.3, 0.4) is 0 Å². The molecule has 0 spiro atoms. The van der Waals surface area contributed by atoms with Gasteiger partial charge in [0.05, 0.1) is 28.6 Å². The summed E-state index contributed by atoms with van der Waals surface area (Å²) in [5.74, 6) is -1.08. The number of nitrogens with two attached hydrogens (primary N) is 1. The van der Waals surface area contributed by atoms with E-state index < -0.39 is 34.5 Å². The van der Waals surface area contributed by atoms with Crippen molar-refractivity contribution in [3.05, 3.63) is 49.9 Å². The van der Waals surface area contributed by atoms with Crippen LogP contribution in [0.25, 0.3) is 0 Å². The third kappa shape index (κ3) is 4.68. The van der Waals surface area contributed by atoms with Crippen molar-refractivity contribution in [2.75, 3.05) is 5.32 Å². The number of hydrogen-bond donors (Lipinski definition) is 5. The standard InChI is InChI=1S/C26H36N6O5/c1-4-5-12-31-22(34)19(21(27)28)23(35)32(25(31)37)16-8-6-15(7-9-16)13-26(3)20-18(30-24(26)36)11-10-17(29-20)14(2)33/h10-11,14-16,33-34H,4-9,12-13H2,1-3H3,(H3,27,28)(H,30,36)/t14-,15?,16?,26-/m0/s1. The molecule has 2 aromatic rings. The molecule has 1 aliphatic carbocycles. The number of nitrogens with one attached hydrogen (secondary N) is 2. The Morgan fingerprint density at radius 2 is 1.95 bits per heavy atom. The molecule has 0 unspecified atom stereocenters. The fraction of sp³-hybridized carbons (Fsp3) is 0.577. The first-order valence-electron chi connectivity index (χ1n) is 12.9. The normalized spacial score (nSPS) is 23.9. The van der Waals surface area contributed by atoms with Crippen LogP contribution < -0.4 is 22.3 Å². The molecule has 0 aromatic carbocycles. The molecule has 4 rings (SSSR count). The van der Waals surface area contributed by atoms with Crippen molar-refractivity contribution in [1.82, 2.24) is 14.1 Å². The SMILES string of the molecule is CCCCn1c(O)c(C(=N)N)c(=O)n(C2CCC(C[C@]3(C)C(=O)Nc4ccc([C@H](C)O)nc43)CC2)c1=O. The van der Waals surface area contributed by atoms with E-state index in [1.807, 2.05) is 13.8 Å². The van der Waals surface area contributed by atoms with E-state index in [2.05, 4.69) is 10.3 Å². The van der Waals surface area contributed by atoms with Gasteiger partial charge in [-0.2, -0.15) is 0 Å². The van der Waals surface area contributed by atoms with Gasteiger partial charge >= 0.3 is 5.69 Å². The third-order valence-corrected chi connectivity index (χ3v) is 7.85. The number of hydrogen-bond acceptors (Lipinski definition) is 7. The number of carbonyl (C=O) groups is 1. The van der Waals surface area contributed by atoms with E-state index in [4.69, 9.17) is 11.1 Å². The van der Waals surface area contributed by atoms with Gasteiger partial charge in [0.25, 0.3) is 5.56 Å². The molecule has 11 nitrogen and oxygen atoms in total. The third-order valence-electron chi connectivity index (χ3n) is 7.85. The first-order chi connectivity index (χ1) is 17.5. The molecule has 1 aliphatic heterocycles. The van der Waals surface area contributed by atoms with E-state index in [-0.39, 0.29) is 30.0 Å². The van der Waals surface area contributed by atoms with E-state index in [0.717, 1.165) is 15.6 Å². The number of amides is 1.